The molecule has 0 aliphatic rings. The number of carbonyl (C=O) groups excluding carboxylic acids is 2. The van der Waals surface area contributed by atoms with E-state index >= 15 is 0 Å². The molecule has 2 heterocycles. The molecule has 3 aromatic rings. The number of nitrogens with zero attached hydrogens (tertiary/aromatic N) is 1. The molecule has 134 valence electrons. The second-order valence-electron chi connectivity index (χ2n) is 6.05. The Morgan fingerprint density at radius 2 is 1.85 bits per heavy atom. The maximum absolute atomic E-state index is 12.2. The van der Waals surface area contributed by atoms with Crippen molar-refractivity contribution in [2.75, 3.05) is 11.9 Å². The molecule has 2 aromatic heterocycles. The van der Waals surface area contributed by atoms with Crippen LogP contribution in [0.2, 0.25) is 0 Å². The lowest BCUT2D eigenvalue weighted by molar-refractivity contribution is -0.115. The predicted octanol–water partition coefficient (Wildman–Crippen LogP) is 4.17. The van der Waals surface area contributed by atoms with Crippen LogP contribution in [-0.4, -0.2) is 23.3 Å². The van der Waals surface area contributed by atoms with Crippen LogP contribution in [0.1, 0.15) is 27.2 Å². The molecule has 0 spiro atoms. The number of aromatic nitrogens is 1. The van der Waals surface area contributed by atoms with E-state index in [2.05, 4.69) is 15.6 Å². The van der Waals surface area contributed by atoms with E-state index in [-0.39, 0.29) is 18.4 Å². The summed E-state index contributed by atoms with van der Waals surface area (Å²) in [6.45, 7) is 5.83. The minimum absolute atomic E-state index is 0.100. The standard InChI is InChI=1S/C19H19N3O2S2/c1-11-6-12(2)17(13(3)7-11)22-16(23)8-20-18(24)15-10-26-19(21-15)14-4-5-25-9-14/h4-7,9-10H,8H2,1-3H3,(H,20,24)(H,22,23). The number of aryl methyl sites for hydroxylation is 3. The van der Waals surface area contributed by atoms with Crippen LogP contribution >= 0.6 is 22.7 Å². The van der Waals surface area contributed by atoms with Gasteiger partial charge >= 0.3 is 0 Å². The molecule has 0 aliphatic carbocycles. The van der Waals surface area contributed by atoms with Gasteiger partial charge in [0.25, 0.3) is 5.91 Å². The lowest BCUT2D eigenvalue weighted by atomic mass is 10.1. The topological polar surface area (TPSA) is 71.1 Å². The zero-order valence-electron chi connectivity index (χ0n) is 14.8. The Bertz CT molecular complexity index is 923. The van der Waals surface area contributed by atoms with Crippen LogP contribution in [0.15, 0.2) is 34.3 Å². The molecule has 0 saturated carbocycles. The average molecular weight is 386 g/mol. The van der Waals surface area contributed by atoms with E-state index in [1.54, 1.807) is 16.7 Å². The highest BCUT2D eigenvalue weighted by Crippen LogP contribution is 2.25. The molecular formula is C19H19N3O2S2. The number of hydrogen-bond acceptors (Lipinski definition) is 5. The number of thiophene rings is 1. The summed E-state index contributed by atoms with van der Waals surface area (Å²) < 4.78 is 0. The average Bonchev–Trinajstić information content (AvgIpc) is 3.26. The van der Waals surface area contributed by atoms with Gasteiger partial charge in [-0.3, -0.25) is 9.59 Å². The van der Waals surface area contributed by atoms with Crippen LogP contribution in [0.5, 0.6) is 0 Å². The number of hydrogen-bond donors (Lipinski definition) is 2. The number of benzene rings is 1. The summed E-state index contributed by atoms with van der Waals surface area (Å²) in [5, 5.41) is 11.9. The molecule has 0 bridgehead atoms. The van der Waals surface area contributed by atoms with Crippen LogP contribution in [-0.2, 0) is 4.79 Å². The van der Waals surface area contributed by atoms with Crippen molar-refractivity contribution in [1.29, 1.82) is 0 Å². The third-order valence-electron chi connectivity index (χ3n) is 3.86. The molecule has 5 nitrogen and oxygen atoms in total. The Morgan fingerprint density at radius 1 is 1.12 bits per heavy atom. The first-order chi connectivity index (χ1) is 12.4. The van der Waals surface area contributed by atoms with E-state index in [1.807, 2.05) is 49.7 Å². The molecule has 0 aliphatic heterocycles. The SMILES string of the molecule is Cc1cc(C)c(NC(=O)CNC(=O)c2csc(-c3ccsc3)n2)c(C)c1. The van der Waals surface area contributed by atoms with E-state index in [4.69, 9.17) is 0 Å². The highest BCUT2D eigenvalue weighted by atomic mass is 32.1. The quantitative estimate of drug-likeness (QED) is 0.693. The molecule has 1 aromatic carbocycles. The molecule has 7 heteroatoms. The predicted molar refractivity (Wildman–Crippen MR) is 107 cm³/mol. The van der Waals surface area contributed by atoms with E-state index in [0.29, 0.717) is 5.69 Å². The van der Waals surface area contributed by atoms with E-state index in [1.165, 1.54) is 11.3 Å². The molecule has 0 radical (unpaired) electrons. The molecule has 2 amide bonds. The molecule has 3 rings (SSSR count). The number of rotatable bonds is 5. The maximum atomic E-state index is 12.2. The number of thiazole rings is 1. The Kier molecular flexibility index (Phi) is 5.49. The zero-order valence-corrected chi connectivity index (χ0v) is 16.4. The van der Waals surface area contributed by atoms with E-state index in [0.717, 1.165) is 32.9 Å². The van der Waals surface area contributed by atoms with E-state index < -0.39 is 0 Å². The van der Waals surface area contributed by atoms with Crippen LogP contribution in [0.3, 0.4) is 0 Å². The van der Waals surface area contributed by atoms with Crippen LogP contribution in [0.4, 0.5) is 5.69 Å². The minimum Gasteiger partial charge on any atom is -0.342 e. The van der Waals surface area contributed by atoms with Crippen LogP contribution < -0.4 is 10.6 Å². The van der Waals surface area contributed by atoms with Gasteiger partial charge in [-0.25, -0.2) is 4.98 Å². The van der Waals surface area contributed by atoms with Gasteiger partial charge in [0, 0.05) is 22.0 Å². The first kappa shape index (κ1) is 18.3. The summed E-state index contributed by atoms with van der Waals surface area (Å²) in [5.41, 5.74) is 5.28. The largest absolute Gasteiger partial charge is 0.342 e. The third-order valence-corrected chi connectivity index (χ3v) is 5.43. The molecule has 0 atom stereocenters. The molecule has 0 saturated heterocycles. The molecule has 26 heavy (non-hydrogen) atoms. The second-order valence-corrected chi connectivity index (χ2v) is 7.69. The lowest BCUT2D eigenvalue weighted by Crippen LogP contribution is -2.33. The summed E-state index contributed by atoms with van der Waals surface area (Å²) in [7, 11) is 0. The Balaban J connectivity index is 1.59. The van der Waals surface area contributed by atoms with Crippen molar-refractivity contribution in [2.45, 2.75) is 20.8 Å². The van der Waals surface area contributed by atoms with Gasteiger partial charge in [-0.1, -0.05) is 17.7 Å². The van der Waals surface area contributed by atoms with Crippen molar-refractivity contribution in [3.8, 4) is 10.6 Å². The van der Waals surface area contributed by atoms with Gasteiger partial charge in [0.2, 0.25) is 5.91 Å². The highest BCUT2D eigenvalue weighted by Gasteiger charge is 2.14. The maximum Gasteiger partial charge on any atom is 0.271 e. The smallest absolute Gasteiger partial charge is 0.271 e. The lowest BCUT2D eigenvalue weighted by Gasteiger charge is -2.13. The van der Waals surface area contributed by atoms with Crippen molar-refractivity contribution in [3.63, 3.8) is 0 Å². The third kappa shape index (κ3) is 4.17. The normalized spacial score (nSPS) is 10.6. The van der Waals surface area contributed by atoms with Gasteiger partial charge in [0.15, 0.2) is 0 Å². The fourth-order valence-corrected chi connectivity index (χ4v) is 4.22. The second kappa shape index (κ2) is 7.80. The number of amides is 2. The summed E-state index contributed by atoms with van der Waals surface area (Å²) >= 11 is 3.00. The molecule has 2 N–H and O–H groups in total. The monoisotopic (exact) mass is 385 g/mol. The Morgan fingerprint density at radius 3 is 2.50 bits per heavy atom. The van der Waals surface area contributed by atoms with Gasteiger partial charge in [0.1, 0.15) is 10.7 Å². The van der Waals surface area contributed by atoms with Crippen molar-refractivity contribution in [3.05, 3.63) is 56.7 Å². The molecule has 0 unspecified atom stereocenters. The zero-order chi connectivity index (χ0) is 18.7. The van der Waals surface area contributed by atoms with Gasteiger partial charge in [-0.05, 0) is 43.3 Å². The van der Waals surface area contributed by atoms with Crippen LogP contribution in [0.25, 0.3) is 10.6 Å². The first-order valence-corrected chi connectivity index (χ1v) is 9.90. The Labute approximate surface area is 160 Å². The Hall–Kier alpha value is -2.51. The summed E-state index contributed by atoms with van der Waals surface area (Å²) in [6.07, 6.45) is 0. The van der Waals surface area contributed by atoms with Gasteiger partial charge in [0.05, 0.1) is 6.54 Å². The highest BCUT2D eigenvalue weighted by molar-refractivity contribution is 7.14. The fourth-order valence-electron chi connectivity index (χ4n) is 2.71. The number of carbonyl (C=O) groups is 2. The van der Waals surface area contributed by atoms with Crippen molar-refractivity contribution in [1.82, 2.24) is 10.3 Å². The number of anilines is 1. The van der Waals surface area contributed by atoms with Crippen molar-refractivity contribution < 1.29 is 9.59 Å². The summed E-state index contributed by atoms with van der Waals surface area (Å²) in [4.78, 5) is 28.7. The summed E-state index contributed by atoms with van der Waals surface area (Å²) in [6, 6.07) is 6.00. The molecule has 0 fully saturated rings. The minimum atomic E-state index is -0.352. The van der Waals surface area contributed by atoms with Crippen LogP contribution in [0, 0.1) is 20.8 Å². The fraction of sp³-hybridized carbons (Fsp3) is 0.211. The van der Waals surface area contributed by atoms with E-state index in [9.17, 15) is 9.59 Å². The van der Waals surface area contributed by atoms with Gasteiger partial charge in [-0.2, -0.15) is 11.3 Å². The summed E-state index contributed by atoms with van der Waals surface area (Å²) in [5.74, 6) is -0.614. The van der Waals surface area contributed by atoms with Gasteiger partial charge < -0.3 is 10.6 Å². The van der Waals surface area contributed by atoms with Crippen molar-refractivity contribution >= 4 is 40.2 Å². The van der Waals surface area contributed by atoms with Gasteiger partial charge in [-0.15, -0.1) is 11.3 Å². The first-order valence-electron chi connectivity index (χ1n) is 8.08. The number of nitrogens with one attached hydrogen (secondary N) is 2. The van der Waals surface area contributed by atoms with Crippen molar-refractivity contribution in [2.24, 2.45) is 0 Å². The molecular weight excluding hydrogens is 366 g/mol.